The molecule has 0 radical (unpaired) electrons. The number of amides is 1. The van der Waals surface area contributed by atoms with E-state index in [1.165, 1.54) is 30.2 Å². The molecule has 0 spiro atoms. The summed E-state index contributed by atoms with van der Waals surface area (Å²) >= 11 is 2.05. The summed E-state index contributed by atoms with van der Waals surface area (Å²) in [5, 5.41) is 6.25. The van der Waals surface area contributed by atoms with E-state index in [2.05, 4.69) is 39.4 Å². The first-order valence-corrected chi connectivity index (χ1v) is 9.37. The van der Waals surface area contributed by atoms with Crippen molar-refractivity contribution in [1.29, 1.82) is 0 Å². The van der Waals surface area contributed by atoms with Crippen molar-refractivity contribution in [2.45, 2.75) is 12.8 Å². The first-order chi connectivity index (χ1) is 10.8. The van der Waals surface area contributed by atoms with E-state index in [0.29, 0.717) is 0 Å². The molecule has 2 N–H and O–H groups in total. The van der Waals surface area contributed by atoms with Gasteiger partial charge in [0, 0.05) is 43.4 Å². The topological polar surface area (TPSA) is 44.4 Å². The molecule has 136 valence electrons. The van der Waals surface area contributed by atoms with Crippen LogP contribution in [-0.2, 0) is 11.2 Å². The third-order valence-corrected chi connectivity index (χ3v) is 5.42. The molecule has 0 aromatic heterocycles. The summed E-state index contributed by atoms with van der Waals surface area (Å²) in [6, 6.07) is 8.34. The molecule has 1 aromatic carbocycles. The van der Waals surface area contributed by atoms with Crippen LogP contribution in [0.3, 0.4) is 0 Å². The molecule has 3 rings (SSSR count). The number of benzene rings is 1. The Bertz CT molecular complexity index is 489. The molecule has 0 aliphatic carbocycles. The van der Waals surface area contributed by atoms with Gasteiger partial charge in [0.1, 0.15) is 0 Å². The van der Waals surface area contributed by atoms with E-state index in [0.717, 1.165) is 38.2 Å². The van der Waals surface area contributed by atoms with Gasteiger partial charge in [0.25, 0.3) is 0 Å². The van der Waals surface area contributed by atoms with Gasteiger partial charge >= 0.3 is 0 Å². The normalized spacial score (nSPS) is 20.8. The second-order valence-electron chi connectivity index (χ2n) is 6.08. The molecule has 2 fully saturated rings. The summed E-state index contributed by atoms with van der Waals surface area (Å²) in [4.78, 5) is 14.6. The molecule has 0 bridgehead atoms. The molecule has 1 atom stereocenters. The fourth-order valence-corrected chi connectivity index (χ4v) is 3.97. The molecular weight excluding hydrogens is 365 g/mol. The minimum Gasteiger partial charge on any atom is -0.326 e. The Kier molecular flexibility index (Phi) is 10.1. The first-order valence-electron chi connectivity index (χ1n) is 8.22. The molecule has 2 aliphatic rings. The molecule has 2 saturated heterocycles. The summed E-state index contributed by atoms with van der Waals surface area (Å²) in [6.45, 7) is 5.33. The number of nitrogens with one attached hydrogen (secondary N) is 2. The highest BCUT2D eigenvalue weighted by Gasteiger charge is 2.22. The SMILES string of the molecule is Cl.Cl.O=C(Nc1ccc(CCN2CCSCC2)cc1)C1CCNC1. The predicted molar refractivity (Wildman–Crippen MR) is 108 cm³/mol. The minimum absolute atomic E-state index is 0. The van der Waals surface area contributed by atoms with E-state index in [1.807, 2.05) is 12.1 Å². The second kappa shape index (κ2) is 11.2. The smallest absolute Gasteiger partial charge is 0.228 e. The second-order valence-corrected chi connectivity index (χ2v) is 7.30. The first kappa shape index (κ1) is 21.6. The van der Waals surface area contributed by atoms with Crippen LogP contribution in [0.4, 0.5) is 5.69 Å². The van der Waals surface area contributed by atoms with Gasteiger partial charge in [-0.2, -0.15) is 11.8 Å². The number of rotatable bonds is 5. The maximum atomic E-state index is 12.1. The average Bonchev–Trinajstić information content (AvgIpc) is 3.10. The third kappa shape index (κ3) is 6.45. The van der Waals surface area contributed by atoms with Crippen molar-refractivity contribution >= 4 is 48.2 Å². The van der Waals surface area contributed by atoms with Crippen molar-refractivity contribution in [3.8, 4) is 0 Å². The Morgan fingerprint density at radius 1 is 1.21 bits per heavy atom. The monoisotopic (exact) mass is 391 g/mol. The molecular formula is C17H27Cl2N3OS. The Hall–Kier alpha value is -0.460. The number of nitrogens with zero attached hydrogens (tertiary/aromatic N) is 1. The van der Waals surface area contributed by atoms with Crippen molar-refractivity contribution in [1.82, 2.24) is 10.2 Å². The van der Waals surface area contributed by atoms with Gasteiger partial charge in [-0.15, -0.1) is 24.8 Å². The lowest BCUT2D eigenvalue weighted by Gasteiger charge is -2.26. The number of halogens is 2. The number of hydrogen-bond donors (Lipinski definition) is 2. The Labute approximate surface area is 161 Å². The van der Waals surface area contributed by atoms with Crippen molar-refractivity contribution in [3.63, 3.8) is 0 Å². The van der Waals surface area contributed by atoms with E-state index in [9.17, 15) is 4.79 Å². The largest absolute Gasteiger partial charge is 0.326 e. The standard InChI is InChI=1S/C17H25N3OS.2ClH/c21-17(15-5-7-18-13-15)19-16-3-1-14(2-4-16)6-8-20-9-11-22-12-10-20;;/h1-4,15,18H,5-13H2,(H,19,21);2*1H. The molecule has 2 heterocycles. The van der Waals surface area contributed by atoms with E-state index in [4.69, 9.17) is 0 Å². The van der Waals surface area contributed by atoms with Crippen molar-refractivity contribution in [2.24, 2.45) is 5.92 Å². The number of carbonyl (C=O) groups excluding carboxylic acids is 1. The Morgan fingerprint density at radius 3 is 2.54 bits per heavy atom. The maximum absolute atomic E-state index is 12.1. The van der Waals surface area contributed by atoms with E-state index >= 15 is 0 Å². The number of carbonyl (C=O) groups is 1. The lowest BCUT2D eigenvalue weighted by molar-refractivity contribution is -0.119. The molecule has 1 aromatic rings. The van der Waals surface area contributed by atoms with Gasteiger partial charge in [-0.3, -0.25) is 4.79 Å². The third-order valence-electron chi connectivity index (χ3n) is 4.47. The maximum Gasteiger partial charge on any atom is 0.228 e. The molecule has 4 nitrogen and oxygen atoms in total. The van der Waals surface area contributed by atoms with Crippen LogP contribution in [0.25, 0.3) is 0 Å². The van der Waals surface area contributed by atoms with Crippen LogP contribution in [0, 0.1) is 5.92 Å². The van der Waals surface area contributed by atoms with Crippen molar-refractivity contribution in [2.75, 3.05) is 49.5 Å². The van der Waals surface area contributed by atoms with E-state index < -0.39 is 0 Å². The molecule has 2 aliphatic heterocycles. The van der Waals surface area contributed by atoms with Gasteiger partial charge in [0.2, 0.25) is 5.91 Å². The Balaban J connectivity index is 0.00000144. The van der Waals surface area contributed by atoms with Gasteiger partial charge < -0.3 is 15.5 Å². The van der Waals surface area contributed by atoms with Crippen molar-refractivity contribution in [3.05, 3.63) is 29.8 Å². The quantitative estimate of drug-likeness (QED) is 0.809. The van der Waals surface area contributed by atoms with Crippen LogP contribution in [0.15, 0.2) is 24.3 Å². The highest BCUT2D eigenvalue weighted by atomic mass is 35.5. The zero-order chi connectivity index (χ0) is 15.2. The number of anilines is 1. The van der Waals surface area contributed by atoms with Crippen LogP contribution in [0.5, 0.6) is 0 Å². The van der Waals surface area contributed by atoms with Gasteiger partial charge in [-0.1, -0.05) is 12.1 Å². The summed E-state index contributed by atoms with van der Waals surface area (Å²) in [5.74, 6) is 2.79. The summed E-state index contributed by atoms with van der Waals surface area (Å²) in [7, 11) is 0. The van der Waals surface area contributed by atoms with Gasteiger partial charge in [0.15, 0.2) is 0 Å². The van der Waals surface area contributed by atoms with Crippen LogP contribution in [0.2, 0.25) is 0 Å². The lowest BCUT2D eigenvalue weighted by atomic mass is 10.1. The fourth-order valence-electron chi connectivity index (χ4n) is 2.99. The van der Waals surface area contributed by atoms with Gasteiger partial charge in [-0.25, -0.2) is 0 Å². The predicted octanol–water partition coefficient (Wildman–Crippen LogP) is 2.67. The number of thioether (sulfide) groups is 1. The molecule has 0 saturated carbocycles. The fraction of sp³-hybridized carbons (Fsp3) is 0.588. The van der Waals surface area contributed by atoms with E-state index in [-0.39, 0.29) is 36.6 Å². The lowest BCUT2D eigenvalue weighted by Crippen LogP contribution is -2.34. The summed E-state index contributed by atoms with van der Waals surface area (Å²) in [5.41, 5.74) is 2.26. The van der Waals surface area contributed by atoms with Crippen molar-refractivity contribution < 1.29 is 4.79 Å². The van der Waals surface area contributed by atoms with Crippen LogP contribution in [-0.4, -0.2) is 55.0 Å². The van der Waals surface area contributed by atoms with Crippen LogP contribution >= 0.6 is 36.6 Å². The van der Waals surface area contributed by atoms with E-state index in [1.54, 1.807) is 0 Å². The van der Waals surface area contributed by atoms with Crippen LogP contribution in [0.1, 0.15) is 12.0 Å². The Morgan fingerprint density at radius 2 is 1.92 bits per heavy atom. The molecule has 1 unspecified atom stereocenters. The zero-order valence-electron chi connectivity index (χ0n) is 13.8. The molecule has 7 heteroatoms. The molecule has 1 amide bonds. The number of hydrogen-bond acceptors (Lipinski definition) is 4. The van der Waals surface area contributed by atoms with Gasteiger partial charge in [-0.05, 0) is 37.1 Å². The highest BCUT2D eigenvalue weighted by molar-refractivity contribution is 7.99. The average molecular weight is 392 g/mol. The zero-order valence-corrected chi connectivity index (χ0v) is 16.3. The highest BCUT2D eigenvalue weighted by Crippen LogP contribution is 2.15. The summed E-state index contributed by atoms with van der Waals surface area (Å²) < 4.78 is 0. The van der Waals surface area contributed by atoms with Crippen LogP contribution < -0.4 is 10.6 Å². The van der Waals surface area contributed by atoms with Gasteiger partial charge in [0.05, 0.1) is 5.92 Å². The minimum atomic E-state index is 0. The molecule has 24 heavy (non-hydrogen) atoms. The summed E-state index contributed by atoms with van der Waals surface area (Å²) in [6.07, 6.45) is 2.03.